The summed E-state index contributed by atoms with van der Waals surface area (Å²) in [6, 6.07) is 10.7. The molecule has 0 saturated heterocycles. The van der Waals surface area contributed by atoms with Gasteiger partial charge in [0.05, 0.1) is 10.7 Å². The van der Waals surface area contributed by atoms with Gasteiger partial charge in [0.2, 0.25) is 11.0 Å². The Labute approximate surface area is 171 Å². The fraction of sp³-hybridized carbons (Fsp3) is 0.0588. The number of rotatable bonds is 7. The molecule has 2 aromatic carbocycles. The second kappa shape index (κ2) is 9.21. The number of thioether (sulfide) groups is 1. The Morgan fingerprint density at radius 2 is 1.90 bits per heavy atom. The molecule has 2 N–H and O–H groups in total. The molecule has 2 amide bonds. The van der Waals surface area contributed by atoms with Crippen LogP contribution in [0.5, 0.6) is 0 Å². The van der Waals surface area contributed by atoms with E-state index in [1.165, 1.54) is 42.5 Å². The summed E-state index contributed by atoms with van der Waals surface area (Å²) in [4.78, 5) is 34.3. The van der Waals surface area contributed by atoms with Gasteiger partial charge in [-0.05, 0) is 30.3 Å². The SMILES string of the molecule is O=C(CSc1nnc(NC(=O)c2ccc(F)cc2)s1)Nc1cccc([N+](=O)[O-])c1. The molecule has 0 saturated carbocycles. The highest BCUT2D eigenvalue weighted by Crippen LogP contribution is 2.26. The second-order valence-corrected chi connectivity index (χ2v) is 7.68. The monoisotopic (exact) mass is 433 g/mol. The molecule has 1 aromatic heterocycles. The van der Waals surface area contributed by atoms with Crippen LogP contribution in [0.25, 0.3) is 0 Å². The number of hydrogen-bond acceptors (Lipinski definition) is 8. The van der Waals surface area contributed by atoms with E-state index in [1.54, 1.807) is 6.07 Å². The average molecular weight is 433 g/mol. The maximum atomic E-state index is 12.9. The molecule has 3 aromatic rings. The third-order valence-corrected chi connectivity index (χ3v) is 5.37. The quantitative estimate of drug-likeness (QED) is 0.252. The molecule has 148 valence electrons. The lowest BCUT2D eigenvalue weighted by Crippen LogP contribution is -2.14. The van der Waals surface area contributed by atoms with Gasteiger partial charge in [0.15, 0.2) is 4.34 Å². The van der Waals surface area contributed by atoms with Crippen molar-refractivity contribution in [2.45, 2.75) is 4.34 Å². The number of nitrogens with one attached hydrogen (secondary N) is 2. The van der Waals surface area contributed by atoms with E-state index in [4.69, 9.17) is 0 Å². The van der Waals surface area contributed by atoms with E-state index >= 15 is 0 Å². The summed E-state index contributed by atoms with van der Waals surface area (Å²) in [6.07, 6.45) is 0. The molecule has 0 spiro atoms. The Bertz CT molecular complexity index is 1060. The fourth-order valence-electron chi connectivity index (χ4n) is 2.11. The van der Waals surface area contributed by atoms with Crippen LogP contribution in [-0.2, 0) is 4.79 Å². The lowest BCUT2D eigenvalue weighted by atomic mass is 10.2. The van der Waals surface area contributed by atoms with Crippen LogP contribution in [-0.4, -0.2) is 32.7 Å². The minimum Gasteiger partial charge on any atom is -0.325 e. The number of amides is 2. The highest BCUT2D eigenvalue weighted by molar-refractivity contribution is 8.01. The van der Waals surface area contributed by atoms with Crippen LogP contribution in [0.2, 0.25) is 0 Å². The van der Waals surface area contributed by atoms with Crippen molar-refractivity contribution in [3.8, 4) is 0 Å². The summed E-state index contributed by atoms with van der Waals surface area (Å²) in [7, 11) is 0. The van der Waals surface area contributed by atoms with E-state index in [2.05, 4.69) is 20.8 Å². The van der Waals surface area contributed by atoms with Gasteiger partial charge in [-0.1, -0.05) is 29.2 Å². The van der Waals surface area contributed by atoms with Gasteiger partial charge < -0.3 is 5.32 Å². The molecule has 0 radical (unpaired) electrons. The summed E-state index contributed by atoms with van der Waals surface area (Å²) in [5, 5.41) is 23.8. The van der Waals surface area contributed by atoms with Crippen molar-refractivity contribution in [3.05, 3.63) is 70.0 Å². The van der Waals surface area contributed by atoms with E-state index in [9.17, 15) is 24.1 Å². The number of carbonyl (C=O) groups excluding carboxylic acids is 2. The lowest BCUT2D eigenvalue weighted by molar-refractivity contribution is -0.384. The van der Waals surface area contributed by atoms with Gasteiger partial charge in [0.1, 0.15) is 5.82 Å². The fourth-order valence-corrected chi connectivity index (χ4v) is 3.66. The number of benzene rings is 2. The lowest BCUT2D eigenvalue weighted by Gasteiger charge is -2.03. The van der Waals surface area contributed by atoms with Gasteiger partial charge in [-0.2, -0.15) is 0 Å². The summed E-state index contributed by atoms with van der Waals surface area (Å²) in [6.45, 7) is 0. The molecule has 0 unspecified atom stereocenters. The van der Waals surface area contributed by atoms with E-state index < -0.39 is 16.6 Å². The summed E-state index contributed by atoms with van der Waals surface area (Å²) >= 11 is 2.18. The highest BCUT2D eigenvalue weighted by atomic mass is 32.2. The Morgan fingerprint density at radius 3 is 2.62 bits per heavy atom. The van der Waals surface area contributed by atoms with Crippen molar-refractivity contribution in [2.75, 3.05) is 16.4 Å². The zero-order valence-corrected chi connectivity index (χ0v) is 16.1. The predicted octanol–water partition coefficient (Wildman–Crippen LogP) is 3.57. The zero-order valence-electron chi connectivity index (χ0n) is 14.5. The Balaban J connectivity index is 1.51. The zero-order chi connectivity index (χ0) is 20.8. The van der Waals surface area contributed by atoms with Crippen molar-refractivity contribution in [1.29, 1.82) is 0 Å². The number of carbonyl (C=O) groups is 2. The molecule has 0 bridgehead atoms. The molecule has 3 rings (SSSR count). The number of anilines is 2. The first-order valence-corrected chi connectivity index (χ1v) is 9.78. The van der Waals surface area contributed by atoms with Crippen LogP contribution in [0.1, 0.15) is 10.4 Å². The number of nitrogens with zero attached hydrogens (tertiary/aromatic N) is 3. The van der Waals surface area contributed by atoms with Gasteiger partial charge >= 0.3 is 0 Å². The normalized spacial score (nSPS) is 10.4. The smallest absolute Gasteiger partial charge is 0.271 e. The van der Waals surface area contributed by atoms with E-state index in [-0.39, 0.29) is 28.0 Å². The topological polar surface area (TPSA) is 127 Å². The molecular formula is C17H12FN5O4S2. The van der Waals surface area contributed by atoms with Crippen LogP contribution in [0.3, 0.4) is 0 Å². The van der Waals surface area contributed by atoms with Crippen LogP contribution >= 0.6 is 23.1 Å². The van der Waals surface area contributed by atoms with Crippen molar-refractivity contribution in [1.82, 2.24) is 10.2 Å². The predicted molar refractivity (Wildman–Crippen MR) is 107 cm³/mol. The number of non-ortho nitro benzene ring substituents is 1. The molecule has 0 aliphatic rings. The molecule has 0 aliphatic heterocycles. The Hall–Kier alpha value is -3.38. The summed E-state index contributed by atoms with van der Waals surface area (Å²) < 4.78 is 13.4. The number of hydrogen-bond donors (Lipinski definition) is 2. The maximum Gasteiger partial charge on any atom is 0.271 e. The van der Waals surface area contributed by atoms with Crippen molar-refractivity contribution in [2.24, 2.45) is 0 Å². The first-order chi connectivity index (χ1) is 13.9. The van der Waals surface area contributed by atoms with Crippen molar-refractivity contribution >= 4 is 51.4 Å². The molecule has 0 fully saturated rings. The van der Waals surface area contributed by atoms with Gasteiger partial charge in [-0.3, -0.25) is 25.0 Å². The van der Waals surface area contributed by atoms with Crippen LogP contribution in [0, 0.1) is 15.9 Å². The molecule has 9 nitrogen and oxygen atoms in total. The van der Waals surface area contributed by atoms with E-state index in [0.29, 0.717) is 10.0 Å². The summed E-state index contributed by atoms with van der Waals surface area (Å²) in [5.41, 5.74) is 0.461. The Morgan fingerprint density at radius 1 is 1.14 bits per heavy atom. The van der Waals surface area contributed by atoms with Gasteiger partial charge in [0, 0.05) is 23.4 Å². The van der Waals surface area contributed by atoms with Crippen molar-refractivity contribution in [3.63, 3.8) is 0 Å². The Kier molecular flexibility index (Phi) is 6.46. The average Bonchev–Trinajstić information content (AvgIpc) is 3.14. The molecule has 0 atom stereocenters. The van der Waals surface area contributed by atoms with E-state index in [1.807, 2.05) is 0 Å². The number of aromatic nitrogens is 2. The minimum atomic E-state index is -0.548. The standard InChI is InChI=1S/C17H12FN5O4S2/c18-11-6-4-10(5-7-11)15(25)20-16-21-22-17(29-16)28-9-14(24)19-12-2-1-3-13(8-12)23(26)27/h1-8H,9H2,(H,19,24)(H,20,21,25). The van der Waals surface area contributed by atoms with Crippen LogP contribution < -0.4 is 10.6 Å². The first-order valence-electron chi connectivity index (χ1n) is 7.98. The number of halogens is 1. The van der Waals surface area contributed by atoms with Gasteiger partial charge in [-0.15, -0.1) is 10.2 Å². The number of nitro groups is 1. The van der Waals surface area contributed by atoms with E-state index in [0.717, 1.165) is 23.1 Å². The largest absolute Gasteiger partial charge is 0.325 e. The number of nitro benzene ring substituents is 1. The van der Waals surface area contributed by atoms with Gasteiger partial charge in [-0.25, -0.2) is 4.39 Å². The molecule has 29 heavy (non-hydrogen) atoms. The molecule has 1 heterocycles. The third-order valence-electron chi connectivity index (χ3n) is 3.40. The molecular weight excluding hydrogens is 421 g/mol. The highest BCUT2D eigenvalue weighted by Gasteiger charge is 2.13. The minimum absolute atomic E-state index is 0.00321. The van der Waals surface area contributed by atoms with Gasteiger partial charge in [0.25, 0.3) is 11.6 Å². The summed E-state index contributed by atoms with van der Waals surface area (Å²) in [5.74, 6) is -1.27. The third kappa shape index (κ3) is 5.80. The van der Waals surface area contributed by atoms with Crippen LogP contribution in [0.4, 0.5) is 20.9 Å². The first kappa shape index (κ1) is 20.4. The van der Waals surface area contributed by atoms with Crippen molar-refractivity contribution < 1.29 is 18.9 Å². The van der Waals surface area contributed by atoms with Crippen LogP contribution in [0.15, 0.2) is 52.9 Å². The molecule has 0 aliphatic carbocycles. The second-order valence-electron chi connectivity index (χ2n) is 5.48. The maximum absolute atomic E-state index is 12.9. The molecule has 12 heteroatoms.